The molecule has 0 aliphatic heterocycles. The highest BCUT2D eigenvalue weighted by Gasteiger charge is 2.28. The number of carbonyl (C=O) groups excluding carboxylic acids is 2. The first-order chi connectivity index (χ1) is 15.4. The van der Waals surface area contributed by atoms with E-state index in [1.807, 2.05) is 28.2 Å². The van der Waals surface area contributed by atoms with Crippen LogP contribution in [0.2, 0.25) is 0 Å². The van der Waals surface area contributed by atoms with Gasteiger partial charge in [0.1, 0.15) is 5.75 Å². The van der Waals surface area contributed by atoms with Gasteiger partial charge in [-0.25, -0.2) is 4.79 Å². The first-order valence-corrected chi connectivity index (χ1v) is 11.6. The summed E-state index contributed by atoms with van der Waals surface area (Å²) >= 11 is 3.27. The van der Waals surface area contributed by atoms with Gasteiger partial charge in [-0.1, -0.05) is 13.0 Å². The first kappa shape index (κ1) is 21.8. The van der Waals surface area contributed by atoms with Crippen molar-refractivity contribution in [1.82, 2.24) is 4.40 Å². The quantitative estimate of drug-likeness (QED) is 0.285. The lowest BCUT2D eigenvalue weighted by molar-refractivity contribution is -0.139. The Morgan fingerprint density at radius 2 is 1.94 bits per heavy atom. The number of hydrogen-bond acceptors (Lipinski definition) is 6. The zero-order valence-corrected chi connectivity index (χ0v) is 18.8. The maximum Gasteiger partial charge on any atom is 0.341 e. The van der Waals surface area contributed by atoms with E-state index in [0.717, 1.165) is 21.0 Å². The third-order valence-electron chi connectivity index (χ3n) is 5.15. The number of aliphatic carboxylic acids is 1. The molecule has 0 bridgehead atoms. The van der Waals surface area contributed by atoms with Crippen LogP contribution >= 0.6 is 22.7 Å². The number of amides is 1. The fourth-order valence-electron chi connectivity index (χ4n) is 3.87. The largest absolute Gasteiger partial charge is 0.480 e. The Balaban J connectivity index is 1.92. The molecule has 4 rings (SSSR count). The number of nitrogens with zero attached hydrogens (tertiary/aromatic N) is 1. The van der Waals surface area contributed by atoms with Crippen molar-refractivity contribution in [2.45, 2.75) is 19.8 Å². The summed E-state index contributed by atoms with van der Waals surface area (Å²) in [6.07, 6.45) is 2.81. The van der Waals surface area contributed by atoms with Crippen LogP contribution in [-0.2, 0) is 22.4 Å². The fraction of sp³-hybridized carbons (Fsp3) is 0.174. The number of pyridine rings is 1. The lowest BCUT2D eigenvalue weighted by Gasteiger charge is -2.09. The average molecular weight is 469 g/mol. The van der Waals surface area contributed by atoms with Crippen molar-refractivity contribution in [2.24, 2.45) is 5.73 Å². The maximum atomic E-state index is 12.8. The number of primary amides is 1. The summed E-state index contributed by atoms with van der Waals surface area (Å²) in [5.41, 5.74) is 8.56. The topological polar surface area (TPSA) is 111 Å². The maximum absolute atomic E-state index is 12.8. The van der Waals surface area contributed by atoms with E-state index < -0.39 is 24.3 Å². The summed E-state index contributed by atoms with van der Waals surface area (Å²) in [5.74, 6) is -2.81. The molecule has 3 N–H and O–H groups in total. The van der Waals surface area contributed by atoms with Crippen LogP contribution < -0.4 is 10.5 Å². The molecule has 0 saturated carbocycles. The van der Waals surface area contributed by atoms with Crippen molar-refractivity contribution in [1.29, 1.82) is 0 Å². The van der Waals surface area contributed by atoms with Gasteiger partial charge in [0.15, 0.2) is 6.61 Å². The number of hydrogen-bond donors (Lipinski definition) is 2. The lowest BCUT2D eigenvalue weighted by Crippen LogP contribution is -2.24. The van der Waals surface area contributed by atoms with Gasteiger partial charge in [-0.2, -0.15) is 0 Å². The number of rotatable bonds is 9. The fourth-order valence-corrected chi connectivity index (χ4v) is 5.60. The molecule has 4 aromatic rings. The van der Waals surface area contributed by atoms with Crippen molar-refractivity contribution in [3.63, 3.8) is 0 Å². The van der Waals surface area contributed by atoms with Gasteiger partial charge in [-0.3, -0.25) is 9.59 Å². The summed E-state index contributed by atoms with van der Waals surface area (Å²) < 4.78 is 7.27. The van der Waals surface area contributed by atoms with Crippen LogP contribution in [0.5, 0.6) is 5.75 Å². The molecule has 0 unspecified atom stereocenters. The Hall–Kier alpha value is -3.43. The van der Waals surface area contributed by atoms with Gasteiger partial charge in [0.2, 0.25) is 0 Å². The molecule has 0 aromatic carbocycles. The van der Waals surface area contributed by atoms with Gasteiger partial charge in [0.05, 0.1) is 11.1 Å². The van der Waals surface area contributed by atoms with Gasteiger partial charge in [-0.05, 0) is 47.0 Å². The molecule has 1 amide bonds. The Morgan fingerprint density at radius 1 is 1.12 bits per heavy atom. The van der Waals surface area contributed by atoms with E-state index in [9.17, 15) is 14.4 Å². The van der Waals surface area contributed by atoms with Crippen LogP contribution in [0.1, 0.15) is 33.4 Å². The zero-order valence-electron chi connectivity index (χ0n) is 17.2. The lowest BCUT2D eigenvalue weighted by atomic mass is 10.00. The molecule has 7 nitrogen and oxygen atoms in total. The number of carboxylic acids is 1. The van der Waals surface area contributed by atoms with Crippen LogP contribution in [0.15, 0.2) is 47.3 Å². The van der Waals surface area contributed by atoms with Crippen LogP contribution in [0.3, 0.4) is 0 Å². The number of ketones is 1. The molecule has 4 aromatic heterocycles. The van der Waals surface area contributed by atoms with E-state index in [4.69, 9.17) is 15.6 Å². The van der Waals surface area contributed by atoms with Gasteiger partial charge in [0.25, 0.3) is 11.7 Å². The zero-order chi connectivity index (χ0) is 22.8. The predicted molar refractivity (Wildman–Crippen MR) is 124 cm³/mol. The van der Waals surface area contributed by atoms with Crippen LogP contribution in [-0.4, -0.2) is 33.8 Å². The highest BCUT2D eigenvalue weighted by Crippen LogP contribution is 2.37. The van der Waals surface area contributed by atoms with E-state index >= 15 is 0 Å². The number of carbonyl (C=O) groups is 3. The van der Waals surface area contributed by atoms with Gasteiger partial charge >= 0.3 is 5.97 Å². The summed E-state index contributed by atoms with van der Waals surface area (Å²) in [6.45, 7) is 1.34. The van der Waals surface area contributed by atoms with E-state index in [1.165, 1.54) is 0 Å². The van der Waals surface area contributed by atoms with Gasteiger partial charge in [0, 0.05) is 33.6 Å². The number of nitrogens with two attached hydrogens (primary N) is 1. The average Bonchev–Trinajstić information content (AvgIpc) is 3.51. The van der Waals surface area contributed by atoms with Crippen LogP contribution in [0.25, 0.3) is 16.0 Å². The molecule has 4 heterocycles. The minimum Gasteiger partial charge on any atom is -0.480 e. The molecule has 0 radical (unpaired) electrons. The first-order valence-electron chi connectivity index (χ1n) is 9.86. The monoisotopic (exact) mass is 468 g/mol. The summed E-state index contributed by atoms with van der Waals surface area (Å²) in [4.78, 5) is 38.0. The number of carboxylic acid groups (broad SMARTS) is 1. The number of ether oxygens (including phenoxy) is 1. The SMILES string of the molecule is CCc1c(C(=O)C(N)=O)c2c(OCC(=O)O)cccn2c1Cc1sccc1-c1cccs1. The smallest absolute Gasteiger partial charge is 0.341 e. The van der Waals surface area contributed by atoms with Gasteiger partial charge < -0.3 is 20.0 Å². The Morgan fingerprint density at radius 3 is 2.59 bits per heavy atom. The summed E-state index contributed by atoms with van der Waals surface area (Å²) in [7, 11) is 0. The molecule has 0 saturated heterocycles. The molecule has 0 aliphatic carbocycles. The molecule has 32 heavy (non-hydrogen) atoms. The van der Waals surface area contributed by atoms with Crippen molar-refractivity contribution in [3.8, 4) is 16.2 Å². The Labute approximate surface area is 191 Å². The molecular formula is C23H20N2O5S2. The highest BCUT2D eigenvalue weighted by atomic mass is 32.1. The third-order valence-corrected chi connectivity index (χ3v) is 6.97. The highest BCUT2D eigenvalue weighted by molar-refractivity contribution is 7.14. The minimum atomic E-state index is -1.14. The van der Waals surface area contributed by atoms with E-state index in [2.05, 4.69) is 12.1 Å². The van der Waals surface area contributed by atoms with Gasteiger partial charge in [-0.15, -0.1) is 22.7 Å². The molecular weight excluding hydrogens is 448 g/mol. The van der Waals surface area contributed by atoms with Crippen LogP contribution in [0.4, 0.5) is 0 Å². The Bertz CT molecular complexity index is 1320. The predicted octanol–water partition coefficient (Wildman–Crippen LogP) is 4.01. The van der Waals surface area contributed by atoms with Crippen molar-refractivity contribution in [2.75, 3.05) is 6.61 Å². The summed E-state index contributed by atoms with van der Waals surface area (Å²) in [5, 5.41) is 13.1. The normalized spacial score (nSPS) is 11.0. The molecule has 164 valence electrons. The molecule has 0 spiro atoms. The number of fused-ring (bicyclic) bond motifs is 1. The minimum absolute atomic E-state index is 0.171. The second-order valence-corrected chi connectivity index (χ2v) is 8.98. The number of Topliss-reactive ketones (excluding diaryl/α,β-unsaturated/α-hetero) is 1. The van der Waals surface area contributed by atoms with Crippen molar-refractivity contribution < 1.29 is 24.2 Å². The second-order valence-electron chi connectivity index (χ2n) is 7.03. The molecule has 0 atom stereocenters. The molecule has 0 fully saturated rings. The summed E-state index contributed by atoms with van der Waals surface area (Å²) in [6, 6.07) is 9.44. The number of thiophene rings is 2. The molecule has 0 aliphatic rings. The van der Waals surface area contributed by atoms with Crippen molar-refractivity contribution >= 4 is 45.9 Å². The molecule has 9 heteroatoms. The third kappa shape index (κ3) is 3.92. The van der Waals surface area contributed by atoms with Crippen molar-refractivity contribution in [3.05, 3.63) is 69.0 Å². The standard InChI is InChI=1S/C23H20N2O5S2/c1-2-13-15(11-18-14(7-10-32-18)17-6-4-9-31-17)25-8-3-5-16(30-12-19(26)27)21(25)20(13)22(28)23(24)29/h3-10H,2,11-12H2,1H3,(H2,24,29)(H,26,27). The van der Waals surface area contributed by atoms with Crippen LogP contribution in [0, 0.1) is 0 Å². The van der Waals surface area contributed by atoms with E-state index in [-0.39, 0.29) is 11.3 Å². The second kappa shape index (κ2) is 8.97. The van der Waals surface area contributed by atoms with E-state index in [0.29, 0.717) is 23.9 Å². The number of aromatic nitrogens is 1. The Kier molecular flexibility index (Phi) is 6.11. The van der Waals surface area contributed by atoms with E-state index in [1.54, 1.807) is 41.0 Å².